The summed E-state index contributed by atoms with van der Waals surface area (Å²) in [6, 6.07) is 58.4. The van der Waals surface area contributed by atoms with E-state index in [0.29, 0.717) is 11.8 Å². The molecular weight excluding hydrogens is 687 g/mol. The van der Waals surface area contributed by atoms with Crippen molar-refractivity contribution < 1.29 is 0 Å². The molecule has 0 N–H and O–H groups in total. The summed E-state index contributed by atoms with van der Waals surface area (Å²) in [5, 5.41) is 2.64. The van der Waals surface area contributed by atoms with Crippen molar-refractivity contribution in [1.29, 1.82) is 0 Å². The van der Waals surface area contributed by atoms with Crippen molar-refractivity contribution in [1.82, 2.24) is 0 Å². The molecule has 4 aliphatic carbocycles. The van der Waals surface area contributed by atoms with Gasteiger partial charge in [0.2, 0.25) is 0 Å². The molecule has 0 radical (unpaired) electrons. The van der Waals surface area contributed by atoms with Crippen molar-refractivity contribution >= 4 is 27.8 Å². The van der Waals surface area contributed by atoms with Gasteiger partial charge in [0, 0.05) is 22.1 Å². The molecule has 0 amide bonds. The van der Waals surface area contributed by atoms with E-state index in [-0.39, 0.29) is 5.41 Å². The molecule has 1 nitrogen and oxygen atoms in total. The predicted molar refractivity (Wildman–Crippen MR) is 241 cm³/mol. The lowest BCUT2D eigenvalue weighted by atomic mass is 9.81. The maximum atomic E-state index is 2.62. The van der Waals surface area contributed by atoms with Crippen LogP contribution in [0, 0.1) is 11.8 Å². The monoisotopic (exact) mass is 739 g/mol. The Morgan fingerprint density at radius 1 is 0.491 bits per heavy atom. The van der Waals surface area contributed by atoms with Crippen molar-refractivity contribution in [3.8, 4) is 33.4 Å². The summed E-state index contributed by atoms with van der Waals surface area (Å²) < 4.78 is 0. The first kappa shape index (κ1) is 34.8. The minimum absolute atomic E-state index is 0.159. The van der Waals surface area contributed by atoms with Crippen LogP contribution in [0.4, 0.5) is 17.1 Å². The second-order valence-electron chi connectivity index (χ2n) is 18.3. The molecule has 0 heterocycles. The quantitative estimate of drug-likeness (QED) is 0.157. The van der Waals surface area contributed by atoms with Crippen LogP contribution in [0.2, 0.25) is 0 Å². The van der Waals surface area contributed by atoms with E-state index in [0.717, 1.165) is 11.8 Å². The van der Waals surface area contributed by atoms with E-state index < -0.39 is 0 Å². The van der Waals surface area contributed by atoms with Gasteiger partial charge in [0.1, 0.15) is 0 Å². The highest BCUT2D eigenvalue weighted by atomic mass is 15.1. The number of fused-ring (bicyclic) bond motifs is 6. The van der Waals surface area contributed by atoms with Gasteiger partial charge in [-0.1, -0.05) is 149 Å². The summed E-state index contributed by atoms with van der Waals surface area (Å²) in [5.74, 6) is 3.15. The molecule has 0 aromatic heterocycles. The van der Waals surface area contributed by atoms with Crippen LogP contribution in [-0.2, 0) is 5.41 Å². The van der Waals surface area contributed by atoms with Crippen LogP contribution < -0.4 is 4.90 Å². The van der Waals surface area contributed by atoms with Crippen LogP contribution >= 0.6 is 0 Å². The molecule has 0 saturated heterocycles. The molecule has 0 aliphatic heterocycles. The molecule has 3 fully saturated rings. The van der Waals surface area contributed by atoms with Gasteiger partial charge in [-0.25, -0.2) is 0 Å². The van der Waals surface area contributed by atoms with Gasteiger partial charge in [0.25, 0.3) is 0 Å². The van der Waals surface area contributed by atoms with Gasteiger partial charge < -0.3 is 4.90 Å². The van der Waals surface area contributed by atoms with Gasteiger partial charge >= 0.3 is 0 Å². The lowest BCUT2D eigenvalue weighted by Gasteiger charge is -2.32. The summed E-state index contributed by atoms with van der Waals surface area (Å²) in [6.45, 7) is 4.85. The van der Waals surface area contributed by atoms with E-state index in [9.17, 15) is 0 Å². The van der Waals surface area contributed by atoms with E-state index in [1.54, 1.807) is 0 Å². The Morgan fingerprint density at radius 2 is 1.23 bits per heavy atom. The molecule has 2 bridgehead atoms. The van der Waals surface area contributed by atoms with Crippen LogP contribution in [0.5, 0.6) is 0 Å². The van der Waals surface area contributed by atoms with E-state index >= 15 is 0 Å². The third-order valence-corrected chi connectivity index (χ3v) is 14.7. The van der Waals surface area contributed by atoms with E-state index in [1.165, 1.54) is 141 Å². The summed E-state index contributed by atoms with van der Waals surface area (Å²) in [7, 11) is 0. The summed E-state index contributed by atoms with van der Waals surface area (Å²) in [6.07, 6.45) is 12.3. The molecule has 7 aromatic carbocycles. The maximum Gasteiger partial charge on any atom is 0.0543 e. The molecule has 4 aliphatic rings. The van der Waals surface area contributed by atoms with Crippen molar-refractivity contribution in [2.75, 3.05) is 4.90 Å². The highest BCUT2D eigenvalue weighted by molar-refractivity contribution is 6.03. The molecule has 3 atom stereocenters. The number of hydrogen-bond donors (Lipinski definition) is 0. The molecule has 0 spiro atoms. The topological polar surface area (TPSA) is 3.24 Å². The molecule has 3 saturated carbocycles. The van der Waals surface area contributed by atoms with Crippen molar-refractivity contribution in [3.05, 3.63) is 174 Å². The smallest absolute Gasteiger partial charge is 0.0543 e. The molecule has 282 valence electrons. The zero-order chi connectivity index (χ0) is 38.1. The first-order valence-corrected chi connectivity index (χ1v) is 21.9. The molecule has 3 unspecified atom stereocenters. The van der Waals surface area contributed by atoms with E-state index in [1.807, 2.05) is 0 Å². The molecule has 1 heteroatoms. The summed E-state index contributed by atoms with van der Waals surface area (Å²) >= 11 is 0. The second kappa shape index (κ2) is 13.9. The number of rotatable bonds is 7. The number of benzene rings is 7. The average molecular weight is 740 g/mol. The van der Waals surface area contributed by atoms with E-state index in [2.05, 4.69) is 170 Å². The minimum Gasteiger partial charge on any atom is -0.309 e. The molecule has 7 aromatic rings. The summed E-state index contributed by atoms with van der Waals surface area (Å²) in [4.78, 5) is 2.62. The Kier molecular flexibility index (Phi) is 8.50. The highest BCUT2D eigenvalue weighted by Crippen LogP contribution is 2.56. The van der Waals surface area contributed by atoms with Crippen LogP contribution in [0.1, 0.15) is 106 Å². The fraction of sp³-hybridized carbons (Fsp3) is 0.286. The number of hydrogen-bond acceptors (Lipinski definition) is 1. The van der Waals surface area contributed by atoms with Crippen molar-refractivity contribution in [2.24, 2.45) is 11.8 Å². The Hall–Kier alpha value is -5.40. The maximum absolute atomic E-state index is 2.62. The SMILES string of the molecule is CC1(C)c2ccc(-c3ccccc3)cc2-c2cc(-c3ccccc3)c(N(c3ccc(C4CC5CCC4C5)cc3)c3cccc4ccc(C5CCCCC5)cc34)cc21. The van der Waals surface area contributed by atoms with Gasteiger partial charge in [-0.2, -0.15) is 0 Å². The standard InChI is InChI=1S/C56H53N/c1-56(2)52-30-27-44(39-15-8-4-9-16-39)34-50(52)51-35-49(40-17-10-5-11-18-40)55(36-53(51)56)57(46-28-25-42(26-29-46)47-32-37-21-22-45(47)31-37)54-20-12-19-41-23-24-43(33-48(41)54)38-13-6-3-7-14-38/h4-5,8-12,15-20,23-30,33-38,45,47H,3,6-7,13-14,21-22,31-32H2,1-2H3. The second-order valence-corrected chi connectivity index (χ2v) is 18.3. The van der Waals surface area contributed by atoms with Crippen LogP contribution in [0.25, 0.3) is 44.2 Å². The van der Waals surface area contributed by atoms with Gasteiger partial charge in [-0.05, 0) is 154 Å². The van der Waals surface area contributed by atoms with Gasteiger partial charge in [-0.15, -0.1) is 0 Å². The zero-order valence-corrected chi connectivity index (χ0v) is 33.6. The third-order valence-electron chi connectivity index (χ3n) is 14.7. The Labute approximate surface area is 339 Å². The van der Waals surface area contributed by atoms with Crippen LogP contribution in [0.15, 0.2) is 152 Å². The predicted octanol–water partition coefficient (Wildman–Crippen LogP) is 15.9. The lowest BCUT2D eigenvalue weighted by Crippen LogP contribution is -2.17. The Bertz CT molecular complexity index is 2590. The zero-order valence-electron chi connectivity index (χ0n) is 33.6. The fourth-order valence-corrected chi connectivity index (χ4v) is 11.7. The molecule has 57 heavy (non-hydrogen) atoms. The van der Waals surface area contributed by atoms with Gasteiger partial charge in [-0.3, -0.25) is 0 Å². The lowest BCUT2D eigenvalue weighted by molar-refractivity contribution is 0.420. The summed E-state index contributed by atoms with van der Waals surface area (Å²) in [5.41, 5.74) is 17.1. The van der Waals surface area contributed by atoms with Gasteiger partial charge in [0.05, 0.1) is 11.4 Å². The number of anilines is 3. The van der Waals surface area contributed by atoms with Crippen LogP contribution in [0.3, 0.4) is 0 Å². The fourth-order valence-electron chi connectivity index (χ4n) is 11.7. The first-order chi connectivity index (χ1) is 28.0. The minimum atomic E-state index is -0.159. The normalized spacial score (nSPS) is 20.8. The molecule has 11 rings (SSSR count). The molecular formula is C56H53N. The van der Waals surface area contributed by atoms with Crippen molar-refractivity contribution in [2.45, 2.75) is 88.9 Å². The Morgan fingerprint density at radius 3 is 1.96 bits per heavy atom. The Balaban J connectivity index is 1.13. The average Bonchev–Trinajstić information content (AvgIpc) is 3.97. The largest absolute Gasteiger partial charge is 0.309 e. The van der Waals surface area contributed by atoms with Crippen molar-refractivity contribution in [3.63, 3.8) is 0 Å². The first-order valence-electron chi connectivity index (χ1n) is 21.9. The highest BCUT2D eigenvalue weighted by Gasteiger charge is 2.40. The third kappa shape index (κ3) is 5.96. The van der Waals surface area contributed by atoms with E-state index in [4.69, 9.17) is 0 Å². The van der Waals surface area contributed by atoms with Gasteiger partial charge in [0.15, 0.2) is 0 Å². The van der Waals surface area contributed by atoms with Crippen LogP contribution in [-0.4, -0.2) is 0 Å². The number of nitrogens with zero attached hydrogens (tertiary/aromatic N) is 1.